The highest BCUT2D eigenvalue weighted by atomic mass is 32.2. The van der Waals surface area contributed by atoms with E-state index in [0.717, 1.165) is 6.08 Å². The summed E-state index contributed by atoms with van der Waals surface area (Å²) in [5.41, 5.74) is 0. The number of carboxylic acid groups (broad SMARTS) is 1. The van der Waals surface area contributed by atoms with Gasteiger partial charge in [0.25, 0.3) is 0 Å². The first-order valence-electron chi connectivity index (χ1n) is 3.75. The van der Waals surface area contributed by atoms with Gasteiger partial charge >= 0.3 is 5.97 Å². The highest BCUT2D eigenvalue weighted by molar-refractivity contribution is 7.88. The summed E-state index contributed by atoms with van der Waals surface area (Å²) < 4.78 is 11.2. The van der Waals surface area contributed by atoms with E-state index in [-0.39, 0.29) is 5.25 Å². The summed E-state index contributed by atoms with van der Waals surface area (Å²) >= 11 is 0. The first-order chi connectivity index (χ1) is 5.45. The Kier molecular flexibility index (Phi) is 4.81. The highest BCUT2D eigenvalue weighted by Gasteiger charge is 2.12. The molecule has 12 heavy (non-hydrogen) atoms. The van der Waals surface area contributed by atoms with Crippen molar-refractivity contribution in [2.24, 2.45) is 5.92 Å². The van der Waals surface area contributed by atoms with Crippen LogP contribution in [-0.2, 0) is 15.6 Å². The van der Waals surface area contributed by atoms with Crippen LogP contribution in [0.5, 0.6) is 0 Å². The van der Waals surface area contributed by atoms with E-state index in [9.17, 15) is 9.00 Å². The van der Waals surface area contributed by atoms with Crippen LogP contribution in [0.15, 0.2) is 11.5 Å². The minimum absolute atomic E-state index is 0.000556. The lowest BCUT2D eigenvalue weighted by Gasteiger charge is -2.11. The summed E-state index contributed by atoms with van der Waals surface area (Å²) in [6, 6.07) is 0. The summed E-state index contributed by atoms with van der Waals surface area (Å²) in [4.78, 5) is 10.1. The average molecular weight is 190 g/mol. The fourth-order valence-corrected chi connectivity index (χ4v) is 1.55. The summed E-state index contributed by atoms with van der Waals surface area (Å²) in [6.45, 7) is 5.75. The molecule has 0 saturated carbocycles. The highest BCUT2D eigenvalue weighted by Crippen LogP contribution is 2.08. The molecule has 70 valence electrons. The van der Waals surface area contributed by atoms with Crippen molar-refractivity contribution in [3.05, 3.63) is 11.5 Å². The maximum Gasteiger partial charge on any atom is 0.328 e. The van der Waals surface area contributed by atoms with Gasteiger partial charge in [0.15, 0.2) is 0 Å². The molecule has 0 radical (unpaired) electrons. The zero-order chi connectivity index (χ0) is 9.72. The van der Waals surface area contributed by atoms with Crippen LogP contribution in [0.4, 0.5) is 0 Å². The molecule has 2 atom stereocenters. The number of carboxylic acids is 1. The van der Waals surface area contributed by atoms with Crippen LogP contribution >= 0.6 is 0 Å². The first kappa shape index (κ1) is 11.4. The fourth-order valence-electron chi connectivity index (χ4n) is 0.517. The Hall–Kier alpha value is -0.640. The normalized spacial score (nSPS) is 16.7. The van der Waals surface area contributed by atoms with Gasteiger partial charge in [0.05, 0.1) is 0 Å². The van der Waals surface area contributed by atoms with E-state index in [2.05, 4.69) is 0 Å². The molecule has 0 aromatic carbocycles. The minimum Gasteiger partial charge on any atom is -0.478 e. The van der Waals surface area contributed by atoms with Crippen LogP contribution in [0.25, 0.3) is 0 Å². The van der Waals surface area contributed by atoms with Crippen LogP contribution < -0.4 is 0 Å². The lowest BCUT2D eigenvalue weighted by Crippen LogP contribution is -2.15. The molecule has 0 aromatic rings. The van der Waals surface area contributed by atoms with Crippen LogP contribution in [-0.4, -0.2) is 20.5 Å². The second-order valence-corrected chi connectivity index (χ2v) is 4.59. The SMILES string of the molecule is CC(C)C(C)S(=O)/C=C/C(=O)O. The Bertz CT molecular complexity index is 208. The Morgan fingerprint density at radius 1 is 1.42 bits per heavy atom. The molecule has 0 aliphatic heterocycles. The summed E-state index contributed by atoms with van der Waals surface area (Å²) in [5.74, 6) is -0.761. The van der Waals surface area contributed by atoms with Crippen molar-refractivity contribution in [3.63, 3.8) is 0 Å². The minimum atomic E-state index is -1.18. The Morgan fingerprint density at radius 3 is 2.25 bits per heavy atom. The van der Waals surface area contributed by atoms with Gasteiger partial charge in [-0.3, -0.25) is 4.21 Å². The fraction of sp³-hybridized carbons (Fsp3) is 0.625. The van der Waals surface area contributed by atoms with Gasteiger partial charge in [0.2, 0.25) is 0 Å². The second kappa shape index (κ2) is 5.09. The molecule has 0 spiro atoms. The molecule has 4 heteroatoms. The Balaban J connectivity index is 4.13. The average Bonchev–Trinajstić information content (AvgIpc) is 1.98. The van der Waals surface area contributed by atoms with Gasteiger partial charge in [-0.25, -0.2) is 4.79 Å². The Labute approximate surface area is 74.9 Å². The van der Waals surface area contributed by atoms with Crippen LogP contribution in [0.3, 0.4) is 0 Å². The maximum atomic E-state index is 11.2. The molecule has 0 aliphatic carbocycles. The molecule has 0 amide bonds. The molecule has 0 aliphatic rings. The quantitative estimate of drug-likeness (QED) is 0.681. The first-order valence-corrected chi connectivity index (χ1v) is 5.03. The largest absolute Gasteiger partial charge is 0.478 e. The maximum absolute atomic E-state index is 11.2. The summed E-state index contributed by atoms with van der Waals surface area (Å²) in [6.07, 6.45) is 0.926. The van der Waals surface area contributed by atoms with E-state index in [1.807, 2.05) is 20.8 Å². The van der Waals surface area contributed by atoms with Gasteiger partial charge in [-0.1, -0.05) is 20.8 Å². The molecule has 3 nitrogen and oxygen atoms in total. The van der Waals surface area contributed by atoms with Crippen LogP contribution in [0.2, 0.25) is 0 Å². The molecule has 0 rings (SSSR count). The number of rotatable bonds is 4. The van der Waals surface area contributed by atoms with E-state index >= 15 is 0 Å². The van der Waals surface area contributed by atoms with Gasteiger partial charge in [0, 0.05) is 27.5 Å². The topological polar surface area (TPSA) is 54.4 Å². The van der Waals surface area contributed by atoms with Gasteiger partial charge in [-0.15, -0.1) is 0 Å². The van der Waals surface area contributed by atoms with Crippen molar-refractivity contribution < 1.29 is 14.1 Å². The zero-order valence-electron chi connectivity index (χ0n) is 7.48. The molecule has 0 aromatic heterocycles. The summed E-state index contributed by atoms with van der Waals surface area (Å²) in [7, 11) is -1.18. The molecule has 0 fully saturated rings. The number of hydrogen-bond donors (Lipinski definition) is 1. The third-order valence-corrected chi connectivity index (χ3v) is 3.33. The van der Waals surface area contributed by atoms with E-state index in [1.54, 1.807) is 0 Å². The predicted molar refractivity (Wildman–Crippen MR) is 49.2 cm³/mol. The number of aliphatic carboxylic acids is 1. The van der Waals surface area contributed by atoms with E-state index in [1.165, 1.54) is 5.41 Å². The predicted octanol–water partition coefficient (Wildman–Crippen LogP) is 1.38. The van der Waals surface area contributed by atoms with Gasteiger partial charge in [-0.05, 0) is 5.92 Å². The van der Waals surface area contributed by atoms with Gasteiger partial charge in [0.1, 0.15) is 0 Å². The third kappa shape index (κ3) is 4.28. The summed E-state index contributed by atoms with van der Waals surface area (Å²) in [5, 5.41) is 9.49. The molecular weight excluding hydrogens is 176 g/mol. The van der Waals surface area contributed by atoms with Crippen molar-refractivity contribution in [1.82, 2.24) is 0 Å². The van der Waals surface area contributed by atoms with Crippen LogP contribution in [0, 0.1) is 5.92 Å². The van der Waals surface area contributed by atoms with Crippen molar-refractivity contribution in [2.45, 2.75) is 26.0 Å². The second-order valence-electron chi connectivity index (χ2n) is 2.92. The van der Waals surface area contributed by atoms with Crippen molar-refractivity contribution >= 4 is 16.8 Å². The van der Waals surface area contributed by atoms with Crippen molar-refractivity contribution in [1.29, 1.82) is 0 Å². The molecular formula is C8H14O3S. The number of hydrogen-bond acceptors (Lipinski definition) is 2. The van der Waals surface area contributed by atoms with Crippen molar-refractivity contribution in [3.8, 4) is 0 Å². The van der Waals surface area contributed by atoms with E-state index in [0.29, 0.717) is 5.92 Å². The lowest BCUT2D eigenvalue weighted by atomic mass is 10.2. The lowest BCUT2D eigenvalue weighted by molar-refractivity contribution is -0.131. The molecule has 2 unspecified atom stereocenters. The smallest absolute Gasteiger partial charge is 0.328 e. The van der Waals surface area contributed by atoms with Gasteiger partial charge in [-0.2, -0.15) is 0 Å². The zero-order valence-corrected chi connectivity index (χ0v) is 8.30. The molecule has 0 saturated heterocycles. The van der Waals surface area contributed by atoms with Crippen LogP contribution in [0.1, 0.15) is 20.8 Å². The number of carbonyl (C=O) groups is 1. The molecule has 1 N–H and O–H groups in total. The standard InChI is InChI=1S/C8H14O3S/c1-6(2)7(3)12(11)5-4-8(9)10/h4-7H,1-3H3,(H,9,10)/b5-4+. The molecule has 0 heterocycles. The van der Waals surface area contributed by atoms with E-state index in [4.69, 9.17) is 5.11 Å². The Morgan fingerprint density at radius 2 is 1.92 bits per heavy atom. The van der Waals surface area contributed by atoms with Crippen molar-refractivity contribution in [2.75, 3.05) is 0 Å². The van der Waals surface area contributed by atoms with Gasteiger partial charge < -0.3 is 5.11 Å². The third-order valence-electron chi connectivity index (χ3n) is 1.65. The van der Waals surface area contributed by atoms with E-state index < -0.39 is 16.8 Å². The molecule has 0 bridgehead atoms. The monoisotopic (exact) mass is 190 g/mol.